The third kappa shape index (κ3) is 3.30. The molecule has 1 aliphatic rings. The van der Waals surface area contributed by atoms with E-state index in [2.05, 4.69) is 9.71 Å². The molecule has 25 heavy (non-hydrogen) atoms. The number of rotatable bonds is 4. The van der Waals surface area contributed by atoms with Crippen molar-refractivity contribution in [1.29, 1.82) is 0 Å². The Bertz CT molecular complexity index is 998. The summed E-state index contributed by atoms with van der Waals surface area (Å²) in [5, 5.41) is 0.685. The number of nitrogens with one attached hydrogen (secondary N) is 1. The van der Waals surface area contributed by atoms with Crippen LogP contribution in [0.25, 0.3) is 10.6 Å². The molecule has 2 heterocycles. The van der Waals surface area contributed by atoms with Gasteiger partial charge in [0.25, 0.3) is 10.0 Å². The van der Waals surface area contributed by atoms with Gasteiger partial charge in [-0.15, -0.1) is 11.3 Å². The molecule has 5 nitrogen and oxygen atoms in total. The van der Waals surface area contributed by atoms with Gasteiger partial charge in [0.2, 0.25) is 0 Å². The highest BCUT2D eigenvalue weighted by molar-refractivity contribution is 7.94. The highest BCUT2D eigenvalue weighted by atomic mass is 32.2. The first-order valence-corrected chi connectivity index (χ1v) is 10.2. The second kappa shape index (κ2) is 6.59. The van der Waals surface area contributed by atoms with Crippen molar-refractivity contribution in [2.24, 2.45) is 0 Å². The third-order valence-corrected chi connectivity index (χ3v) is 6.91. The third-order valence-electron chi connectivity index (χ3n) is 4.04. The zero-order valence-corrected chi connectivity index (χ0v) is 14.9. The maximum Gasteiger partial charge on any atom is 0.273 e. The summed E-state index contributed by atoms with van der Waals surface area (Å²) in [7, 11) is -3.67. The van der Waals surface area contributed by atoms with E-state index in [1.54, 1.807) is 6.07 Å². The van der Waals surface area contributed by atoms with Crippen LogP contribution in [0, 0.1) is 0 Å². The molecule has 0 aliphatic carbocycles. The molecule has 1 N–H and O–H groups in total. The number of sulfonamides is 1. The number of fused-ring (bicyclic) bond motifs is 1. The molecule has 0 saturated carbocycles. The van der Waals surface area contributed by atoms with Gasteiger partial charge in [-0.25, -0.2) is 13.4 Å². The van der Waals surface area contributed by atoms with Gasteiger partial charge in [0, 0.05) is 5.56 Å². The molecule has 0 saturated heterocycles. The van der Waals surface area contributed by atoms with Crippen molar-refractivity contribution in [3.05, 3.63) is 65.9 Å². The summed E-state index contributed by atoms with van der Waals surface area (Å²) in [5.41, 5.74) is 3.56. The standard InChI is InChI=1S/C18H16N2O3S2/c21-25(22,17-11-19-18(24-17)13-5-2-1-3-6-13)20-16-8-4-7-14-12-23-10-9-15(14)16/h1-8,11,20H,9-10,12H2. The number of nitrogens with zero attached hydrogens (tertiary/aromatic N) is 1. The van der Waals surface area contributed by atoms with Gasteiger partial charge in [0.05, 0.1) is 25.1 Å². The van der Waals surface area contributed by atoms with E-state index in [0.29, 0.717) is 30.3 Å². The Morgan fingerprint density at radius 1 is 1.08 bits per heavy atom. The maximum atomic E-state index is 12.8. The molecule has 3 aromatic rings. The molecule has 2 aromatic carbocycles. The molecule has 0 amide bonds. The average molecular weight is 372 g/mol. The van der Waals surface area contributed by atoms with Crippen molar-refractivity contribution in [2.45, 2.75) is 17.2 Å². The SMILES string of the molecule is O=S(=O)(Nc1cccc2c1CCOC2)c1cnc(-c2ccccc2)s1. The first-order chi connectivity index (χ1) is 12.1. The fourth-order valence-corrected chi connectivity index (χ4v) is 5.04. The second-order valence-corrected chi connectivity index (χ2v) is 8.64. The minimum atomic E-state index is -3.67. The summed E-state index contributed by atoms with van der Waals surface area (Å²) < 4.78 is 33.9. The van der Waals surface area contributed by atoms with E-state index in [1.807, 2.05) is 42.5 Å². The van der Waals surface area contributed by atoms with Crippen LogP contribution >= 0.6 is 11.3 Å². The minimum absolute atomic E-state index is 0.205. The van der Waals surface area contributed by atoms with Gasteiger partial charge in [-0.05, 0) is 23.6 Å². The molecular formula is C18H16N2O3S2. The van der Waals surface area contributed by atoms with E-state index in [4.69, 9.17) is 4.74 Å². The van der Waals surface area contributed by atoms with Crippen molar-refractivity contribution in [1.82, 2.24) is 4.98 Å². The quantitative estimate of drug-likeness (QED) is 0.758. The normalized spacial score (nSPS) is 14.1. The lowest BCUT2D eigenvalue weighted by Gasteiger charge is -2.20. The number of thiazole rings is 1. The zero-order chi connectivity index (χ0) is 17.3. The summed E-state index contributed by atoms with van der Waals surface area (Å²) in [6.07, 6.45) is 2.11. The molecule has 1 aliphatic heterocycles. The van der Waals surface area contributed by atoms with E-state index in [-0.39, 0.29) is 4.21 Å². The summed E-state index contributed by atoms with van der Waals surface area (Å²) in [5.74, 6) is 0. The van der Waals surface area contributed by atoms with Crippen molar-refractivity contribution in [3.63, 3.8) is 0 Å². The maximum absolute atomic E-state index is 12.8. The Labute approximate surface area is 150 Å². The molecule has 4 rings (SSSR count). The highest BCUT2D eigenvalue weighted by Crippen LogP contribution is 2.31. The van der Waals surface area contributed by atoms with Crippen LogP contribution in [0.5, 0.6) is 0 Å². The van der Waals surface area contributed by atoms with E-state index in [0.717, 1.165) is 28.0 Å². The summed E-state index contributed by atoms with van der Waals surface area (Å²) in [4.78, 5) is 4.26. The fraction of sp³-hybridized carbons (Fsp3) is 0.167. The number of hydrogen-bond acceptors (Lipinski definition) is 5. The van der Waals surface area contributed by atoms with E-state index in [9.17, 15) is 8.42 Å². The van der Waals surface area contributed by atoms with Gasteiger partial charge >= 0.3 is 0 Å². The first kappa shape index (κ1) is 16.3. The molecule has 0 unspecified atom stereocenters. The smallest absolute Gasteiger partial charge is 0.273 e. The number of ether oxygens (including phenoxy) is 1. The lowest BCUT2D eigenvalue weighted by Crippen LogP contribution is -2.17. The molecule has 7 heteroatoms. The predicted molar refractivity (Wildman–Crippen MR) is 98.2 cm³/mol. The van der Waals surface area contributed by atoms with Crippen molar-refractivity contribution >= 4 is 27.0 Å². The van der Waals surface area contributed by atoms with Crippen LogP contribution in [0.2, 0.25) is 0 Å². The van der Waals surface area contributed by atoms with Crippen molar-refractivity contribution in [3.8, 4) is 10.6 Å². The first-order valence-electron chi connectivity index (χ1n) is 7.86. The van der Waals surface area contributed by atoms with Crippen LogP contribution in [0.3, 0.4) is 0 Å². The molecular weight excluding hydrogens is 356 g/mol. The largest absolute Gasteiger partial charge is 0.376 e. The van der Waals surface area contributed by atoms with Gasteiger partial charge in [0.15, 0.2) is 4.21 Å². The molecule has 0 atom stereocenters. The van der Waals surface area contributed by atoms with Gasteiger partial charge in [0.1, 0.15) is 5.01 Å². The Morgan fingerprint density at radius 2 is 1.92 bits per heavy atom. The van der Waals surface area contributed by atoms with Gasteiger partial charge < -0.3 is 4.74 Å². The molecule has 0 spiro atoms. The molecule has 1 aromatic heterocycles. The average Bonchev–Trinajstić information content (AvgIpc) is 3.14. The van der Waals surface area contributed by atoms with Gasteiger partial charge in [-0.1, -0.05) is 42.5 Å². The predicted octanol–water partition coefficient (Wildman–Crippen LogP) is 3.68. The van der Waals surface area contributed by atoms with Crippen LogP contribution < -0.4 is 4.72 Å². The summed E-state index contributed by atoms with van der Waals surface area (Å²) >= 11 is 1.16. The second-order valence-electron chi connectivity index (χ2n) is 5.70. The highest BCUT2D eigenvalue weighted by Gasteiger charge is 2.21. The molecule has 0 radical (unpaired) electrons. The van der Waals surface area contributed by atoms with E-state index in [1.165, 1.54) is 6.20 Å². The topological polar surface area (TPSA) is 68.3 Å². The monoisotopic (exact) mass is 372 g/mol. The van der Waals surface area contributed by atoms with Crippen LogP contribution in [0.4, 0.5) is 5.69 Å². The van der Waals surface area contributed by atoms with Crippen LogP contribution in [-0.4, -0.2) is 20.0 Å². The van der Waals surface area contributed by atoms with Crippen LogP contribution in [0.15, 0.2) is 58.9 Å². The lowest BCUT2D eigenvalue weighted by atomic mass is 10.0. The molecule has 0 fully saturated rings. The zero-order valence-electron chi connectivity index (χ0n) is 13.3. The summed E-state index contributed by atoms with van der Waals surface area (Å²) in [6, 6.07) is 15.1. The Hall–Kier alpha value is -2.22. The van der Waals surface area contributed by atoms with E-state index < -0.39 is 10.0 Å². The Balaban J connectivity index is 1.64. The number of aromatic nitrogens is 1. The lowest BCUT2D eigenvalue weighted by molar-refractivity contribution is 0.111. The van der Waals surface area contributed by atoms with E-state index >= 15 is 0 Å². The summed E-state index contributed by atoms with van der Waals surface area (Å²) in [6.45, 7) is 1.12. The van der Waals surface area contributed by atoms with Crippen LogP contribution in [0.1, 0.15) is 11.1 Å². The van der Waals surface area contributed by atoms with Crippen LogP contribution in [-0.2, 0) is 27.8 Å². The molecule has 0 bridgehead atoms. The Kier molecular flexibility index (Phi) is 4.29. The van der Waals surface area contributed by atoms with Gasteiger partial charge in [-0.2, -0.15) is 0 Å². The molecule has 128 valence electrons. The number of anilines is 1. The fourth-order valence-electron chi connectivity index (χ4n) is 2.81. The minimum Gasteiger partial charge on any atom is -0.376 e. The van der Waals surface area contributed by atoms with Gasteiger partial charge in [-0.3, -0.25) is 4.72 Å². The Morgan fingerprint density at radius 3 is 2.76 bits per heavy atom. The van der Waals surface area contributed by atoms with Crippen molar-refractivity contribution < 1.29 is 13.2 Å². The van der Waals surface area contributed by atoms with Crippen molar-refractivity contribution in [2.75, 3.05) is 11.3 Å². The number of hydrogen-bond donors (Lipinski definition) is 1. The number of benzene rings is 2.